The number of piperidine rings is 1. The number of rotatable bonds is 6. The van der Waals surface area contributed by atoms with E-state index in [0.717, 1.165) is 25.7 Å². The zero-order chi connectivity index (χ0) is 15.2. The van der Waals surface area contributed by atoms with Crippen molar-refractivity contribution in [3.05, 3.63) is 0 Å². The molecular formula is C14H20N4O3. The Morgan fingerprint density at radius 2 is 2.14 bits per heavy atom. The van der Waals surface area contributed by atoms with E-state index >= 15 is 0 Å². The van der Waals surface area contributed by atoms with Crippen molar-refractivity contribution in [2.24, 2.45) is 11.8 Å². The van der Waals surface area contributed by atoms with Gasteiger partial charge in [0.2, 0.25) is 17.7 Å². The van der Waals surface area contributed by atoms with E-state index in [-0.39, 0.29) is 30.2 Å². The van der Waals surface area contributed by atoms with Gasteiger partial charge in [-0.3, -0.25) is 14.4 Å². The Morgan fingerprint density at radius 3 is 2.76 bits per heavy atom. The Balaban J connectivity index is 1.73. The van der Waals surface area contributed by atoms with Crippen molar-refractivity contribution in [3.8, 4) is 6.07 Å². The van der Waals surface area contributed by atoms with Crippen molar-refractivity contribution in [3.63, 3.8) is 0 Å². The molecule has 0 aromatic heterocycles. The summed E-state index contributed by atoms with van der Waals surface area (Å²) in [5, 5.41) is 16.9. The van der Waals surface area contributed by atoms with Gasteiger partial charge in [0.25, 0.3) is 0 Å². The fraction of sp³-hybridized carbons (Fsp3) is 0.714. The predicted octanol–water partition coefficient (Wildman–Crippen LogP) is -0.563. The molecule has 0 radical (unpaired) electrons. The number of carbonyl (C=O) groups excluding carboxylic acids is 3. The molecule has 3 N–H and O–H groups in total. The van der Waals surface area contributed by atoms with Gasteiger partial charge in [-0.2, -0.15) is 5.26 Å². The van der Waals surface area contributed by atoms with Crippen LogP contribution < -0.4 is 16.0 Å². The molecule has 7 nitrogen and oxygen atoms in total. The second kappa shape index (κ2) is 7.07. The standard InChI is InChI=1S/C14H20N4O3/c15-7-11(6-10-2-1-5-16-14(10)21)18-12(19)8-17-13(20)9-3-4-9/h9-11H,1-6,8H2,(H,16,21)(H,17,20)(H,18,19)/t10-,11-/m0/s1. The lowest BCUT2D eigenvalue weighted by Gasteiger charge is -2.23. The summed E-state index contributed by atoms with van der Waals surface area (Å²) in [6.45, 7) is 0.552. The number of carbonyl (C=O) groups is 3. The van der Waals surface area contributed by atoms with Crippen LogP contribution in [-0.4, -0.2) is 36.9 Å². The Morgan fingerprint density at radius 1 is 1.38 bits per heavy atom. The zero-order valence-corrected chi connectivity index (χ0v) is 11.9. The third kappa shape index (κ3) is 4.74. The van der Waals surface area contributed by atoms with E-state index in [2.05, 4.69) is 16.0 Å². The monoisotopic (exact) mass is 292 g/mol. The van der Waals surface area contributed by atoms with Crippen LogP contribution in [0.3, 0.4) is 0 Å². The molecule has 2 atom stereocenters. The molecule has 0 spiro atoms. The van der Waals surface area contributed by atoms with Crippen LogP contribution in [0.15, 0.2) is 0 Å². The number of amides is 3. The highest BCUT2D eigenvalue weighted by molar-refractivity contribution is 5.87. The van der Waals surface area contributed by atoms with E-state index in [1.807, 2.05) is 6.07 Å². The van der Waals surface area contributed by atoms with Gasteiger partial charge in [0, 0.05) is 18.4 Å². The fourth-order valence-corrected chi connectivity index (χ4v) is 2.39. The van der Waals surface area contributed by atoms with Crippen LogP contribution in [0.4, 0.5) is 0 Å². The fourth-order valence-electron chi connectivity index (χ4n) is 2.39. The molecule has 7 heteroatoms. The summed E-state index contributed by atoms with van der Waals surface area (Å²) in [5.41, 5.74) is 0. The average molecular weight is 292 g/mol. The van der Waals surface area contributed by atoms with Crippen LogP contribution in [0.5, 0.6) is 0 Å². The highest BCUT2D eigenvalue weighted by Crippen LogP contribution is 2.28. The third-order valence-electron chi connectivity index (χ3n) is 3.78. The van der Waals surface area contributed by atoms with Crippen molar-refractivity contribution in [1.82, 2.24) is 16.0 Å². The molecule has 2 aliphatic rings. The summed E-state index contributed by atoms with van der Waals surface area (Å²) in [5.74, 6) is -0.741. The SMILES string of the molecule is N#C[C@H](C[C@@H]1CCCNC1=O)NC(=O)CNC(=O)C1CC1. The topological polar surface area (TPSA) is 111 Å². The first-order valence-electron chi connectivity index (χ1n) is 7.34. The summed E-state index contributed by atoms with van der Waals surface area (Å²) in [6.07, 6.45) is 3.69. The quantitative estimate of drug-likeness (QED) is 0.609. The molecule has 1 aliphatic carbocycles. The van der Waals surface area contributed by atoms with Crippen molar-refractivity contribution < 1.29 is 14.4 Å². The highest BCUT2D eigenvalue weighted by atomic mass is 16.2. The van der Waals surface area contributed by atoms with Crippen molar-refractivity contribution in [1.29, 1.82) is 5.26 Å². The molecule has 114 valence electrons. The second-order valence-electron chi connectivity index (χ2n) is 5.61. The van der Waals surface area contributed by atoms with Gasteiger partial charge in [-0.05, 0) is 32.1 Å². The minimum Gasteiger partial charge on any atom is -0.356 e. The maximum Gasteiger partial charge on any atom is 0.240 e. The Labute approximate surface area is 123 Å². The lowest BCUT2D eigenvalue weighted by Crippen LogP contribution is -2.45. The molecule has 2 rings (SSSR count). The Kier molecular flexibility index (Phi) is 5.14. The van der Waals surface area contributed by atoms with Crippen LogP contribution in [0.1, 0.15) is 32.1 Å². The number of nitrogens with one attached hydrogen (secondary N) is 3. The zero-order valence-electron chi connectivity index (χ0n) is 11.9. The Hall–Kier alpha value is -2.10. The van der Waals surface area contributed by atoms with Crippen molar-refractivity contribution >= 4 is 17.7 Å². The number of nitriles is 1. The molecule has 1 saturated carbocycles. The van der Waals surface area contributed by atoms with Crippen molar-refractivity contribution in [2.45, 2.75) is 38.1 Å². The number of hydrogen-bond acceptors (Lipinski definition) is 4. The smallest absolute Gasteiger partial charge is 0.240 e. The average Bonchev–Trinajstić information content (AvgIpc) is 3.31. The van der Waals surface area contributed by atoms with Gasteiger partial charge in [0.15, 0.2) is 0 Å². The first-order chi connectivity index (χ1) is 10.1. The first kappa shape index (κ1) is 15.3. The van der Waals surface area contributed by atoms with Crippen LogP contribution in [0.25, 0.3) is 0 Å². The third-order valence-corrected chi connectivity index (χ3v) is 3.78. The summed E-state index contributed by atoms with van der Waals surface area (Å²) >= 11 is 0. The molecule has 3 amide bonds. The summed E-state index contributed by atoms with van der Waals surface area (Å²) in [6, 6.07) is 1.29. The molecule has 0 aromatic rings. The molecule has 21 heavy (non-hydrogen) atoms. The van der Waals surface area contributed by atoms with E-state index in [9.17, 15) is 14.4 Å². The lowest BCUT2D eigenvalue weighted by molar-refractivity contribution is -0.128. The Bertz CT molecular complexity index is 467. The van der Waals surface area contributed by atoms with Gasteiger partial charge < -0.3 is 16.0 Å². The molecule has 0 unspecified atom stereocenters. The second-order valence-corrected chi connectivity index (χ2v) is 5.61. The van der Waals surface area contributed by atoms with Crippen LogP contribution in [0, 0.1) is 23.2 Å². The van der Waals surface area contributed by atoms with Crippen LogP contribution >= 0.6 is 0 Å². The molecule has 0 aromatic carbocycles. The minimum atomic E-state index is -0.704. The molecule has 1 saturated heterocycles. The van der Waals surface area contributed by atoms with Gasteiger partial charge in [0.05, 0.1) is 12.6 Å². The number of hydrogen-bond donors (Lipinski definition) is 3. The highest BCUT2D eigenvalue weighted by Gasteiger charge is 2.30. The molecular weight excluding hydrogens is 272 g/mol. The van der Waals surface area contributed by atoms with E-state index < -0.39 is 11.9 Å². The normalized spacial score (nSPS) is 22.6. The van der Waals surface area contributed by atoms with Crippen LogP contribution in [-0.2, 0) is 14.4 Å². The van der Waals surface area contributed by atoms with Gasteiger partial charge in [0.1, 0.15) is 6.04 Å². The maximum absolute atomic E-state index is 11.7. The maximum atomic E-state index is 11.7. The first-order valence-corrected chi connectivity index (χ1v) is 7.34. The van der Waals surface area contributed by atoms with E-state index in [0.29, 0.717) is 13.0 Å². The summed E-state index contributed by atoms with van der Waals surface area (Å²) < 4.78 is 0. The van der Waals surface area contributed by atoms with E-state index in [4.69, 9.17) is 5.26 Å². The summed E-state index contributed by atoms with van der Waals surface area (Å²) in [7, 11) is 0. The van der Waals surface area contributed by atoms with Crippen molar-refractivity contribution in [2.75, 3.05) is 13.1 Å². The van der Waals surface area contributed by atoms with E-state index in [1.54, 1.807) is 0 Å². The molecule has 1 heterocycles. The minimum absolute atomic E-state index is 0.0514. The van der Waals surface area contributed by atoms with Gasteiger partial charge in [-0.1, -0.05) is 0 Å². The molecule has 1 aliphatic heterocycles. The van der Waals surface area contributed by atoms with Gasteiger partial charge >= 0.3 is 0 Å². The van der Waals surface area contributed by atoms with Gasteiger partial charge in [-0.15, -0.1) is 0 Å². The van der Waals surface area contributed by atoms with E-state index in [1.165, 1.54) is 0 Å². The predicted molar refractivity (Wildman–Crippen MR) is 73.6 cm³/mol. The molecule has 0 bridgehead atoms. The van der Waals surface area contributed by atoms with Crippen LogP contribution in [0.2, 0.25) is 0 Å². The number of nitrogens with zero attached hydrogens (tertiary/aromatic N) is 1. The summed E-state index contributed by atoms with van der Waals surface area (Å²) in [4.78, 5) is 34.8. The lowest BCUT2D eigenvalue weighted by atomic mass is 9.92. The largest absolute Gasteiger partial charge is 0.356 e. The van der Waals surface area contributed by atoms with Gasteiger partial charge in [-0.25, -0.2) is 0 Å². The molecule has 2 fully saturated rings.